The SMILES string of the molecule is [O]C1(C(F)(F)F)CCCCC1. The fraction of sp³-hybridized carbons (Fsp3) is 1.00. The summed E-state index contributed by atoms with van der Waals surface area (Å²) in [6.45, 7) is 0. The molecule has 0 N–H and O–H groups in total. The first-order valence-electron chi connectivity index (χ1n) is 3.73. The van der Waals surface area contributed by atoms with Crippen LogP contribution in [0.5, 0.6) is 0 Å². The van der Waals surface area contributed by atoms with Crippen LogP contribution in [0.2, 0.25) is 0 Å². The van der Waals surface area contributed by atoms with E-state index in [9.17, 15) is 18.3 Å². The molecule has 65 valence electrons. The molecule has 0 spiro atoms. The maximum absolute atomic E-state index is 12.0. The minimum Gasteiger partial charge on any atom is -0.219 e. The molecule has 0 aromatic heterocycles. The van der Waals surface area contributed by atoms with Crippen molar-refractivity contribution in [2.24, 2.45) is 0 Å². The van der Waals surface area contributed by atoms with E-state index in [-0.39, 0.29) is 12.8 Å². The molecule has 0 saturated heterocycles. The van der Waals surface area contributed by atoms with Gasteiger partial charge in [-0.1, -0.05) is 19.3 Å². The van der Waals surface area contributed by atoms with Crippen molar-refractivity contribution in [3.8, 4) is 0 Å². The standard InChI is InChI=1S/C7H10F3O/c8-7(9,10)6(11)4-2-1-3-5-6/h1-5H2. The van der Waals surface area contributed by atoms with Gasteiger partial charge in [0, 0.05) is 0 Å². The Hall–Kier alpha value is -0.250. The van der Waals surface area contributed by atoms with Crippen molar-refractivity contribution in [2.45, 2.75) is 43.9 Å². The van der Waals surface area contributed by atoms with Gasteiger partial charge in [0.2, 0.25) is 0 Å². The fourth-order valence-electron chi connectivity index (χ4n) is 1.41. The minimum absolute atomic E-state index is 0.240. The highest BCUT2D eigenvalue weighted by Crippen LogP contribution is 2.41. The summed E-state index contributed by atoms with van der Waals surface area (Å²) in [5, 5.41) is 11.0. The molecule has 0 amide bonds. The molecule has 1 saturated carbocycles. The van der Waals surface area contributed by atoms with Crippen molar-refractivity contribution >= 4 is 0 Å². The third kappa shape index (κ3) is 1.67. The maximum Gasteiger partial charge on any atom is 0.420 e. The highest BCUT2D eigenvalue weighted by atomic mass is 19.4. The second-order valence-corrected chi connectivity index (χ2v) is 3.05. The van der Waals surface area contributed by atoms with Gasteiger partial charge in [0.1, 0.15) is 0 Å². The Morgan fingerprint density at radius 2 is 1.45 bits per heavy atom. The first kappa shape index (κ1) is 8.84. The Morgan fingerprint density at radius 1 is 1.00 bits per heavy atom. The second kappa shape index (κ2) is 2.66. The van der Waals surface area contributed by atoms with Crippen LogP contribution in [0.3, 0.4) is 0 Å². The van der Waals surface area contributed by atoms with Gasteiger partial charge in [0.05, 0.1) is 0 Å². The number of rotatable bonds is 0. The molecule has 1 rings (SSSR count). The summed E-state index contributed by atoms with van der Waals surface area (Å²) in [5.41, 5.74) is -2.63. The molecule has 0 aliphatic heterocycles. The number of hydrogen-bond donors (Lipinski definition) is 0. The Balaban J connectivity index is 2.64. The average Bonchev–Trinajstić information content (AvgIpc) is 1.87. The predicted molar refractivity (Wildman–Crippen MR) is 32.6 cm³/mol. The number of halogens is 3. The summed E-state index contributed by atoms with van der Waals surface area (Å²) < 4.78 is 36.0. The predicted octanol–water partition coefficient (Wildman–Crippen LogP) is 2.68. The highest BCUT2D eigenvalue weighted by Gasteiger charge is 2.55. The van der Waals surface area contributed by atoms with Crippen LogP contribution in [0, 0.1) is 0 Å². The average molecular weight is 167 g/mol. The molecule has 1 aliphatic carbocycles. The lowest BCUT2D eigenvalue weighted by Gasteiger charge is -2.31. The lowest BCUT2D eigenvalue weighted by atomic mass is 9.84. The quantitative estimate of drug-likeness (QED) is 0.528. The first-order chi connectivity index (χ1) is 4.96. The monoisotopic (exact) mass is 167 g/mol. The first-order valence-corrected chi connectivity index (χ1v) is 3.73. The zero-order valence-corrected chi connectivity index (χ0v) is 6.08. The Morgan fingerprint density at radius 3 is 1.73 bits per heavy atom. The van der Waals surface area contributed by atoms with E-state index in [2.05, 4.69) is 0 Å². The van der Waals surface area contributed by atoms with Gasteiger partial charge in [-0.3, -0.25) is 0 Å². The summed E-state index contributed by atoms with van der Waals surface area (Å²) in [6.07, 6.45) is -3.42. The van der Waals surface area contributed by atoms with Crippen LogP contribution >= 0.6 is 0 Å². The maximum atomic E-state index is 12.0. The van der Waals surface area contributed by atoms with Gasteiger partial charge in [-0.25, -0.2) is 5.11 Å². The minimum atomic E-state index is -4.55. The molecular weight excluding hydrogens is 157 g/mol. The van der Waals surface area contributed by atoms with Gasteiger partial charge in [-0.2, -0.15) is 13.2 Å². The van der Waals surface area contributed by atoms with Gasteiger partial charge in [-0.15, -0.1) is 0 Å². The van der Waals surface area contributed by atoms with Crippen molar-refractivity contribution in [1.29, 1.82) is 0 Å². The molecule has 0 heterocycles. The van der Waals surface area contributed by atoms with Crippen LogP contribution in [0.25, 0.3) is 0 Å². The molecule has 4 heteroatoms. The van der Waals surface area contributed by atoms with Gasteiger partial charge in [0.25, 0.3) is 0 Å². The topological polar surface area (TPSA) is 19.9 Å². The van der Waals surface area contributed by atoms with Crippen LogP contribution in [-0.4, -0.2) is 11.8 Å². The van der Waals surface area contributed by atoms with E-state index < -0.39 is 11.8 Å². The van der Waals surface area contributed by atoms with Crippen molar-refractivity contribution in [3.63, 3.8) is 0 Å². The summed E-state index contributed by atoms with van der Waals surface area (Å²) in [4.78, 5) is 0. The molecule has 1 aliphatic rings. The molecule has 0 aromatic carbocycles. The molecule has 11 heavy (non-hydrogen) atoms. The normalized spacial score (nSPS) is 25.1. The van der Waals surface area contributed by atoms with E-state index in [4.69, 9.17) is 0 Å². The largest absolute Gasteiger partial charge is 0.420 e. The summed E-state index contributed by atoms with van der Waals surface area (Å²) in [5.74, 6) is 0. The molecule has 1 radical (unpaired) electrons. The van der Waals surface area contributed by atoms with E-state index in [0.29, 0.717) is 12.8 Å². The smallest absolute Gasteiger partial charge is 0.219 e. The van der Waals surface area contributed by atoms with E-state index in [1.165, 1.54) is 0 Å². The number of alkyl halides is 3. The van der Waals surface area contributed by atoms with Crippen molar-refractivity contribution in [1.82, 2.24) is 0 Å². The van der Waals surface area contributed by atoms with E-state index in [1.54, 1.807) is 0 Å². The second-order valence-electron chi connectivity index (χ2n) is 3.05. The molecule has 0 aromatic rings. The molecular formula is C7H10F3O. The van der Waals surface area contributed by atoms with E-state index in [1.807, 2.05) is 0 Å². The Labute approximate surface area is 63.2 Å². The third-order valence-electron chi connectivity index (χ3n) is 2.18. The lowest BCUT2D eigenvalue weighted by molar-refractivity contribution is -0.291. The van der Waals surface area contributed by atoms with Crippen LogP contribution in [0.1, 0.15) is 32.1 Å². The summed E-state index contributed by atoms with van der Waals surface area (Å²) >= 11 is 0. The van der Waals surface area contributed by atoms with Crippen molar-refractivity contribution in [3.05, 3.63) is 0 Å². The Kier molecular flexibility index (Phi) is 2.14. The van der Waals surface area contributed by atoms with Crippen LogP contribution < -0.4 is 0 Å². The van der Waals surface area contributed by atoms with Crippen molar-refractivity contribution in [2.75, 3.05) is 0 Å². The molecule has 0 bridgehead atoms. The van der Waals surface area contributed by atoms with Gasteiger partial charge in [0.15, 0.2) is 5.60 Å². The molecule has 0 atom stereocenters. The lowest BCUT2D eigenvalue weighted by Crippen LogP contribution is -2.45. The Bertz CT molecular complexity index is 135. The summed E-state index contributed by atoms with van der Waals surface area (Å²) in [6, 6.07) is 0. The van der Waals surface area contributed by atoms with Crippen molar-refractivity contribution < 1.29 is 18.3 Å². The van der Waals surface area contributed by atoms with E-state index in [0.717, 1.165) is 6.42 Å². The zero-order valence-electron chi connectivity index (χ0n) is 6.08. The van der Waals surface area contributed by atoms with Crippen LogP contribution in [0.4, 0.5) is 13.2 Å². The van der Waals surface area contributed by atoms with Crippen LogP contribution in [-0.2, 0) is 5.11 Å². The summed E-state index contributed by atoms with van der Waals surface area (Å²) in [7, 11) is 0. The molecule has 0 unspecified atom stereocenters. The van der Waals surface area contributed by atoms with E-state index >= 15 is 0 Å². The fourth-order valence-corrected chi connectivity index (χ4v) is 1.41. The molecule has 1 fully saturated rings. The zero-order chi connectivity index (χ0) is 8.54. The van der Waals surface area contributed by atoms with Crippen LogP contribution in [0.15, 0.2) is 0 Å². The van der Waals surface area contributed by atoms with Gasteiger partial charge in [-0.05, 0) is 12.8 Å². The van der Waals surface area contributed by atoms with Gasteiger partial charge >= 0.3 is 6.18 Å². The highest BCUT2D eigenvalue weighted by molar-refractivity contribution is 4.88. The third-order valence-corrected chi connectivity index (χ3v) is 2.18. The molecule has 1 nitrogen and oxygen atoms in total. The van der Waals surface area contributed by atoms with Gasteiger partial charge < -0.3 is 0 Å². The number of hydrogen-bond acceptors (Lipinski definition) is 0.